The van der Waals surface area contributed by atoms with E-state index in [4.69, 9.17) is 0 Å². The molecule has 2 N–H and O–H groups in total. The van der Waals surface area contributed by atoms with Crippen molar-refractivity contribution in [1.82, 2.24) is 10.2 Å². The Bertz CT molecular complexity index is 243. The fourth-order valence-electron chi connectivity index (χ4n) is 2.65. The van der Waals surface area contributed by atoms with Gasteiger partial charge in [0.15, 0.2) is 0 Å². The third kappa shape index (κ3) is 6.73. The third-order valence-electron chi connectivity index (χ3n) is 4.43. The fraction of sp³-hybridized carbons (Fsp3) is 1.00. The van der Waals surface area contributed by atoms with Crippen LogP contribution in [-0.2, 0) is 0 Å². The van der Waals surface area contributed by atoms with Crippen molar-refractivity contribution >= 4 is 0 Å². The van der Waals surface area contributed by atoms with E-state index in [1.54, 1.807) is 0 Å². The molecule has 2 atom stereocenters. The van der Waals surface area contributed by atoms with Crippen molar-refractivity contribution in [1.29, 1.82) is 0 Å². The zero-order valence-electron chi connectivity index (χ0n) is 13.4. The summed E-state index contributed by atoms with van der Waals surface area (Å²) in [6.45, 7) is 8.16. The van der Waals surface area contributed by atoms with Crippen LogP contribution in [0.1, 0.15) is 65.7 Å². The van der Waals surface area contributed by atoms with Crippen LogP contribution in [0.3, 0.4) is 0 Å². The minimum absolute atomic E-state index is 0.0607. The standard InChI is InChI=1S/C16H34N2O/c1-5-8-14(2)18(4)12-7-6-11-16(3,13-19)17-15-9-10-15/h14-15,17,19H,5-13H2,1-4H3. The fourth-order valence-corrected chi connectivity index (χ4v) is 2.65. The van der Waals surface area contributed by atoms with Crippen LogP contribution in [0.5, 0.6) is 0 Å². The van der Waals surface area contributed by atoms with E-state index in [0.29, 0.717) is 12.1 Å². The van der Waals surface area contributed by atoms with Crippen molar-refractivity contribution in [3.8, 4) is 0 Å². The Kier molecular flexibility index (Phi) is 7.33. The van der Waals surface area contributed by atoms with Gasteiger partial charge in [0.2, 0.25) is 0 Å². The van der Waals surface area contributed by atoms with Crippen LogP contribution in [0.4, 0.5) is 0 Å². The second-order valence-electron chi connectivity index (χ2n) is 6.71. The number of nitrogens with zero attached hydrogens (tertiary/aromatic N) is 1. The van der Waals surface area contributed by atoms with Gasteiger partial charge in [-0.05, 0) is 59.5 Å². The van der Waals surface area contributed by atoms with Gasteiger partial charge in [-0.2, -0.15) is 0 Å². The molecule has 114 valence electrons. The summed E-state index contributed by atoms with van der Waals surface area (Å²) in [4.78, 5) is 2.47. The maximum atomic E-state index is 9.56. The molecule has 0 saturated heterocycles. The summed E-state index contributed by atoms with van der Waals surface area (Å²) in [5, 5.41) is 13.1. The van der Waals surface area contributed by atoms with E-state index in [2.05, 4.69) is 38.0 Å². The van der Waals surface area contributed by atoms with Crippen molar-refractivity contribution in [3.63, 3.8) is 0 Å². The molecule has 0 aromatic rings. The summed E-state index contributed by atoms with van der Waals surface area (Å²) >= 11 is 0. The molecule has 1 fully saturated rings. The summed E-state index contributed by atoms with van der Waals surface area (Å²) in [6.07, 6.45) is 8.62. The number of aliphatic hydroxyl groups excluding tert-OH is 1. The van der Waals surface area contributed by atoms with E-state index in [1.165, 1.54) is 45.1 Å². The normalized spacial score (nSPS) is 20.5. The summed E-state index contributed by atoms with van der Waals surface area (Å²) < 4.78 is 0. The van der Waals surface area contributed by atoms with E-state index >= 15 is 0 Å². The molecule has 0 heterocycles. The highest BCUT2D eigenvalue weighted by atomic mass is 16.3. The first kappa shape index (κ1) is 16.9. The Morgan fingerprint density at radius 3 is 2.58 bits per heavy atom. The predicted molar refractivity (Wildman–Crippen MR) is 82.5 cm³/mol. The molecular formula is C16H34N2O. The van der Waals surface area contributed by atoms with Crippen LogP contribution >= 0.6 is 0 Å². The molecule has 0 aromatic heterocycles. The van der Waals surface area contributed by atoms with Crippen molar-refractivity contribution < 1.29 is 5.11 Å². The second kappa shape index (κ2) is 8.23. The Labute approximate surface area is 119 Å². The quantitative estimate of drug-likeness (QED) is 0.567. The smallest absolute Gasteiger partial charge is 0.0610 e. The predicted octanol–water partition coefficient (Wildman–Crippen LogP) is 2.78. The molecule has 0 aliphatic heterocycles. The van der Waals surface area contributed by atoms with Crippen LogP contribution < -0.4 is 5.32 Å². The monoisotopic (exact) mass is 270 g/mol. The summed E-state index contributed by atoms with van der Waals surface area (Å²) in [5.74, 6) is 0. The lowest BCUT2D eigenvalue weighted by Gasteiger charge is -2.30. The molecule has 1 aliphatic rings. The highest BCUT2D eigenvalue weighted by Crippen LogP contribution is 2.25. The maximum absolute atomic E-state index is 9.56. The van der Waals surface area contributed by atoms with E-state index in [-0.39, 0.29) is 12.1 Å². The second-order valence-corrected chi connectivity index (χ2v) is 6.71. The van der Waals surface area contributed by atoms with Gasteiger partial charge in [0.05, 0.1) is 6.61 Å². The number of hydrogen-bond acceptors (Lipinski definition) is 3. The van der Waals surface area contributed by atoms with Crippen LogP contribution in [0.25, 0.3) is 0 Å². The lowest BCUT2D eigenvalue weighted by Crippen LogP contribution is -2.47. The minimum Gasteiger partial charge on any atom is -0.394 e. The number of hydrogen-bond donors (Lipinski definition) is 2. The van der Waals surface area contributed by atoms with Crippen molar-refractivity contribution in [2.75, 3.05) is 20.2 Å². The van der Waals surface area contributed by atoms with E-state index in [9.17, 15) is 5.11 Å². The van der Waals surface area contributed by atoms with Crippen LogP contribution in [0.15, 0.2) is 0 Å². The molecular weight excluding hydrogens is 236 g/mol. The minimum atomic E-state index is -0.0607. The van der Waals surface area contributed by atoms with Gasteiger partial charge in [-0.15, -0.1) is 0 Å². The summed E-state index contributed by atoms with van der Waals surface area (Å²) in [5.41, 5.74) is -0.0607. The van der Waals surface area contributed by atoms with Gasteiger partial charge < -0.3 is 15.3 Å². The Hall–Kier alpha value is -0.120. The first-order valence-electron chi connectivity index (χ1n) is 8.09. The average Bonchev–Trinajstić information content (AvgIpc) is 3.18. The molecule has 0 amide bonds. The van der Waals surface area contributed by atoms with E-state index < -0.39 is 0 Å². The van der Waals surface area contributed by atoms with Crippen LogP contribution in [0.2, 0.25) is 0 Å². The molecule has 0 bridgehead atoms. The largest absolute Gasteiger partial charge is 0.394 e. The number of rotatable bonds is 11. The Balaban J connectivity index is 2.14. The molecule has 3 nitrogen and oxygen atoms in total. The van der Waals surface area contributed by atoms with Gasteiger partial charge in [-0.1, -0.05) is 19.8 Å². The van der Waals surface area contributed by atoms with Crippen molar-refractivity contribution in [2.24, 2.45) is 0 Å². The van der Waals surface area contributed by atoms with Crippen LogP contribution in [-0.4, -0.2) is 47.8 Å². The molecule has 0 radical (unpaired) electrons. The SMILES string of the molecule is CCCC(C)N(C)CCCCC(C)(CO)NC1CC1. The molecule has 1 saturated carbocycles. The topological polar surface area (TPSA) is 35.5 Å². The summed E-state index contributed by atoms with van der Waals surface area (Å²) in [6, 6.07) is 1.36. The number of nitrogens with one attached hydrogen (secondary N) is 1. The lowest BCUT2D eigenvalue weighted by atomic mass is 9.95. The highest BCUT2D eigenvalue weighted by molar-refractivity contribution is 4.92. The van der Waals surface area contributed by atoms with E-state index in [1.807, 2.05) is 0 Å². The summed E-state index contributed by atoms with van der Waals surface area (Å²) in [7, 11) is 2.23. The number of unbranched alkanes of at least 4 members (excludes halogenated alkanes) is 1. The molecule has 0 spiro atoms. The number of aliphatic hydroxyl groups is 1. The van der Waals surface area contributed by atoms with Crippen LogP contribution in [0, 0.1) is 0 Å². The van der Waals surface area contributed by atoms with Gasteiger partial charge >= 0.3 is 0 Å². The highest BCUT2D eigenvalue weighted by Gasteiger charge is 2.31. The molecule has 3 heteroatoms. The molecule has 1 aliphatic carbocycles. The first-order chi connectivity index (χ1) is 9.00. The van der Waals surface area contributed by atoms with Gasteiger partial charge in [0, 0.05) is 17.6 Å². The molecule has 2 unspecified atom stereocenters. The zero-order valence-corrected chi connectivity index (χ0v) is 13.4. The molecule has 19 heavy (non-hydrogen) atoms. The van der Waals surface area contributed by atoms with Gasteiger partial charge in [-0.25, -0.2) is 0 Å². The van der Waals surface area contributed by atoms with Gasteiger partial charge in [-0.3, -0.25) is 0 Å². The molecule has 0 aromatic carbocycles. The van der Waals surface area contributed by atoms with E-state index in [0.717, 1.165) is 6.42 Å². The Morgan fingerprint density at radius 1 is 1.37 bits per heavy atom. The van der Waals surface area contributed by atoms with Crippen molar-refractivity contribution in [2.45, 2.75) is 83.3 Å². The zero-order chi connectivity index (χ0) is 14.3. The average molecular weight is 270 g/mol. The molecule has 1 rings (SSSR count). The van der Waals surface area contributed by atoms with Crippen molar-refractivity contribution in [3.05, 3.63) is 0 Å². The first-order valence-corrected chi connectivity index (χ1v) is 8.09. The van der Waals surface area contributed by atoms with Gasteiger partial charge in [0.1, 0.15) is 0 Å². The maximum Gasteiger partial charge on any atom is 0.0610 e. The third-order valence-corrected chi connectivity index (χ3v) is 4.43. The lowest BCUT2D eigenvalue weighted by molar-refractivity contribution is 0.158. The van der Waals surface area contributed by atoms with Gasteiger partial charge in [0.25, 0.3) is 0 Å². The Morgan fingerprint density at radius 2 is 2.05 bits per heavy atom.